The lowest BCUT2D eigenvalue weighted by molar-refractivity contribution is -0.116. The number of nitrogens with zero attached hydrogens (tertiary/aromatic N) is 4. The topological polar surface area (TPSA) is 72.7 Å². The lowest BCUT2D eigenvalue weighted by Crippen LogP contribution is -2.20. The van der Waals surface area contributed by atoms with E-state index in [-0.39, 0.29) is 12.5 Å². The molecular formula is C17H17N5O. The molecule has 0 bridgehead atoms. The Morgan fingerprint density at radius 2 is 1.96 bits per heavy atom. The van der Waals surface area contributed by atoms with E-state index in [2.05, 4.69) is 20.4 Å². The fourth-order valence-corrected chi connectivity index (χ4v) is 2.36. The second kappa shape index (κ2) is 6.39. The van der Waals surface area contributed by atoms with Crippen molar-refractivity contribution in [3.63, 3.8) is 0 Å². The monoisotopic (exact) mass is 307 g/mol. The normalized spacial score (nSPS) is 10.5. The lowest BCUT2D eigenvalue weighted by Gasteiger charge is -2.04. The second-order valence-electron chi connectivity index (χ2n) is 5.23. The first-order valence-corrected chi connectivity index (χ1v) is 7.31. The van der Waals surface area contributed by atoms with Crippen LogP contribution in [-0.4, -0.2) is 25.7 Å². The molecule has 23 heavy (non-hydrogen) atoms. The molecule has 0 fully saturated rings. The summed E-state index contributed by atoms with van der Waals surface area (Å²) < 4.78 is 1.64. The van der Waals surface area contributed by atoms with Gasteiger partial charge in [-0.2, -0.15) is 5.10 Å². The van der Waals surface area contributed by atoms with Crippen LogP contribution in [0.3, 0.4) is 0 Å². The first-order valence-electron chi connectivity index (χ1n) is 7.31. The zero-order valence-corrected chi connectivity index (χ0v) is 13.0. The maximum Gasteiger partial charge on any atom is 0.247 e. The molecule has 2 heterocycles. The number of anilines is 1. The van der Waals surface area contributed by atoms with E-state index < -0.39 is 0 Å². The van der Waals surface area contributed by atoms with Crippen LogP contribution in [0, 0.1) is 13.8 Å². The van der Waals surface area contributed by atoms with Crippen LogP contribution >= 0.6 is 0 Å². The summed E-state index contributed by atoms with van der Waals surface area (Å²) in [5, 5.41) is 7.16. The Morgan fingerprint density at radius 1 is 1.17 bits per heavy atom. The molecule has 3 aromatic rings. The van der Waals surface area contributed by atoms with Crippen LogP contribution in [0.5, 0.6) is 0 Å². The minimum Gasteiger partial charge on any atom is -0.309 e. The van der Waals surface area contributed by atoms with Crippen molar-refractivity contribution in [1.29, 1.82) is 0 Å². The molecule has 0 unspecified atom stereocenters. The number of amides is 1. The van der Waals surface area contributed by atoms with E-state index in [4.69, 9.17) is 0 Å². The molecule has 6 heteroatoms. The number of aryl methyl sites for hydroxylation is 2. The van der Waals surface area contributed by atoms with Crippen LogP contribution in [0.1, 0.15) is 11.5 Å². The molecule has 1 N–H and O–H groups in total. The third kappa shape index (κ3) is 3.60. The predicted octanol–water partition coefficient (Wildman–Crippen LogP) is 2.60. The summed E-state index contributed by atoms with van der Waals surface area (Å²) in [6, 6.07) is 11.7. The molecule has 0 aliphatic heterocycles. The van der Waals surface area contributed by atoms with Gasteiger partial charge in [0, 0.05) is 18.0 Å². The van der Waals surface area contributed by atoms with E-state index in [0.717, 1.165) is 16.8 Å². The van der Waals surface area contributed by atoms with Gasteiger partial charge in [0.1, 0.15) is 18.2 Å². The fraction of sp³-hybridized carbons (Fsp3) is 0.176. The van der Waals surface area contributed by atoms with Crippen LogP contribution < -0.4 is 5.32 Å². The molecule has 0 saturated heterocycles. The molecule has 1 aromatic carbocycles. The van der Waals surface area contributed by atoms with Crippen LogP contribution in [0.15, 0.2) is 48.8 Å². The molecule has 2 aromatic heterocycles. The predicted molar refractivity (Wildman–Crippen MR) is 87.8 cm³/mol. The van der Waals surface area contributed by atoms with Gasteiger partial charge in [-0.1, -0.05) is 30.3 Å². The van der Waals surface area contributed by atoms with E-state index >= 15 is 0 Å². The summed E-state index contributed by atoms with van der Waals surface area (Å²) in [4.78, 5) is 20.3. The first-order chi connectivity index (χ1) is 11.1. The average Bonchev–Trinajstić information content (AvgIpc) is 2.88. The molecule has 116 valence electrons. The Labute approximate surface area is 134 Å². The number of hydrogen-bond donors (Lipinski definition) is 1. The highest BCUT2D eigenvalue weighted by atomic mass is 16.2. The number of rotatable bonds is 4. The van der Waals surface area contributed by atoms with Crippen LogP contribution in [0.4, 0.5) is 5.82 Å². The Hall–Kier alpha value is -3.02. The number of carbonyl (C=O) groups excluding carboxylic acids is 1. The Balaban J connectivity index is 1.72. The van der Waals surface area contributed by atoms with E-state index in [0.29, 0.717) is 11.6 Å². The molecule has 0 aliphatic rings. The Bertz CT molecular complexity index is 826. The standard InChI is InChI=1S/C17H17N5O/c1-12-15(14-6-4-3-5-7-14)10-22(21-12)11-17(23)20-16-8-9-18-13(2)19-16/h3-10H,11H2,1-2H3,(H,18,19,20,23). The summed E-state index contributed by atoms with van der Waals surface area (Å²) in [5.74, 6) is 0.934. The van der Waals surface area contributed by atoms with E-state index in [1.807, 2.05) is 43.5 Å². The maximum atomic E-state index is 12.1. The smallest absolute Gasteiger partial charge is 0.247 e. The first kappa shape index (κ1) is 14.9. The largest absolute Gasteiger partial charge is 0.309 e. The third-order valence-electron chi connectivity index (χ3n) is 3.38. The van der Waals surface area contributed by atoms with Gasteiger partial charge in [-0.05, 0) is 25.5 Å². The maximum absolute atomic E-state index is 12.1. The summed E-state index contributed by atoms with van der Waals surface area (Å²) in [6.45, 7) is 3.85. The summed E-state index contributed by atoms with van der Waals surface area (Å²) in [5.41, 5.74) is 3.00. The fourth-order valence-electron chi connectivity index (χ4n) is 2.36. The van der Waals surface area contributed by atoms with Crippen molar-refractivity contribution in [2.24, 2.45) is 0 Å². The van der Waals surface area contributed by atoms with Crippen LogP contribution in [-0.2, 0) is 11.3 Å². The van der Waals surface area contributed by atoms with Gasteiger partial charge in [0.05, 0.1) is 5.69 Å². The highest BCUT2D eigenvalue weighted by Crippen LogP contribution is 2.21. The van der Waals surface area contributed by atoms with Crippen molar-refractivity contribution in [3.8, 4) is 11.1 Å². The lowest BCUT2D eigenvalue weighted by atomic mass is 10.1. The minimum absolute atomic E-state index is 0.136. The number of carbonyl (C=O) groups is 1. The third-order valence-corrected chi connectivity index (χ3v) is 3.38. The number of aromatic nitrogens is 4. The van der Waals surface area contributed by atoms with E-state index in [1.165, 1.54) is 0 Å². The second-order valence-corrected chi connectivity index (χ2v) is 5.23. The van der Waals surface area contributed by atoms with Gasteiger partial charge >= 0.3 is 0 Å². The van der Waals surface area contributed by atoms with E-state index in [9.17, 15) is 4.79 Å². The molecule has 0 aliphatic carbocycles. The van der Waals surface area contributed by atoms with Crippen molar-refractivity contribution < 1.29 is 4.79 Å². The highest BCUT2D eigenvalue weighted by molar-refractivity contribution is 5.89. The van der Waals surface area contributed by atoms with Crippen molar-refractivity contribution >= 4 is 11.7 Å². The van der Waals surface area contributed by atoms with Crippen molar-refractivity contribution in [2.45, 2.75) is 20.4 Å². The van der Waals surface area contributed by atoms with E-state index in [1.54, 1.807) is 23.9 Å². The van der Waals surface area contributed by atoms with Crippen LogP contribution in [0.2, 0.25) is 0 Å². The number of nitrogens with one attached hydrogen (secondary N) is 1. The highest BCUT2D eigenvalue weighted by Gasteiger charge is 2.10. The van der Waals surface area contributed by atoms with Crippen molar-refractivity contribution in [2.75, 3.05) is 5.32 Å². The van der Waals surface area contributed by atoms with Crippen LogP contribution in [0.25, 0.3) is 11.1 Å². The molecule has 0 radical (unpaired) electrons. The van der Waals surface area contributed by atoms with Gasteiger partial charge in [0.2, 0.25) is 5.91 Å². The summed E-state index contributed by atoms with van der Waals surface area (Å²) >= 11 is 0. The summed E-state index contributed by atoms with van der Waals surface area (Å²) in [7, 11) is 0. The molecule has 1 amide bonds. The summed E-state index contributed by atoms with van der Waals surface area (Å²) in [6.07, 6.45) is 3.50. The van der Waals surface area contributed by atoms with Gasteiger partial charge in [0.15, 0.2) is 0 Å². The zero-order valence-electron chi connectivity index (χ0n) is 13.0. The molecule has 0 spiro atoms. The Kier molecular flexibility index (Phi) is 4.14. The van der Waals surface area contributed by atoms with Gasteiger partial charge in [-0.15, -0.1) is 0 Å². The minimum atomic E-state index is -0.176. The van der Waals surface area contributed by atoms with Gasteiger partial charge < -0.3 is 5.32 Å². The van der Waals surface area contributed by atoms with Gasteiger partial charge in [-0.3, -0.25) is 9.48 Å². The molecule has 6 nitrogen and oxygen atoms in total. The molecular weight excluding hydrogens is 290 g/mol. The van der Waals surface area contributed by atoms with Gasteiger partial charge in [-0.25, -0.2) is 9.97 Å². The molecule has 3 rings (SSSR count). The quantitative estimate of drug-likeness (QED) is 0.804. The molecule has 0 atom stereocenters. The average molecular weight is 307 g/mol. The zero-order chi connectivity index (χ0) is 16.2. The van der Waals surface area contributed by atoms with Gasteiger partial charge in [0.25, 0.3) is 0 Å². The molecule has 0 saturated carbocycles. The number of benzene rings is 1. The Morgan fingerprint density at radius 3 is 2.70 bits per heavy atom. The van der Waals surface area contributed by atoms with Crippen molar-refractivity contribution in [3.05, 3.63) is 60.3 Å². The number of hydrogen-bond acceptors (Lipinski definition) is 4. The van der Waals surface area contributed by atoms with Crippen molar-refractivity contribution in [1.82, 2.24) is 19.7 Å². The SMILES string of the molecule is Cc1nccc(NC(=O)Cn2cc(-c3ccccc3)c(C)n2)n1.